The van der Waals surface area contributed by atoms with Gasteiger partial charge in [0.15, 0.2) is 0 Å². The van der Waals surface area contributed by atoms with E-state index in [0.717, 1.165) is 5.56 Å². The summed E-state index contributed by atoms with van der Waals surface area (Å²) in [6.07, 6.45) is -3.20. The lowest BCUT2D eigenvalue weighted by Crippen LogP contribution is -1.98. The Morgan fingerprint density at radius 1 is 0.938 bits per heavy atom. The lowest BCUT2D eigenvalue weighted by molar-refractivity contribution is 0.151. The van der Waals surface area contributed by atoms with Crippen molar-refractivity contribution in [3.63, 3.8) is 0 Å². The predicted molar refractivity (Wildman–Crippen MR) is 59.8 cm³/mol. The van der Waals surface area contributed by atoms with Crippen molar-refractivity contribution < 1.29 is 13.9 Å². The molecule has 0 spiro atoms. The molecule has 0 aliphatic carbocycles. The van der Waals surface area contributed by atoms with Gasteiger partial charge in [0, 0.05) is 5.56 Å². The van der Waals surface area contributed by atoms with E-state index in [2.05, 4.69) is 0 Å². The van der Waals surface area contributed by atoms with Crippen molar-refractivity contribution in [2.75, 3.05) is 0 Å². The van der Waals surface area contributed by atoms with Crippen molar-refractivity contribution >= 4 is 11.3 Å². The van der Waals surface area contributed by atoms with E-state index < -0.39 is 12.5 Å². The molecule has 2 rings (SSSR count). The van der Waals surface area contributed by atoms with Gasteiger partial charge < -0.3 is 5.11 Å². The number of hydrogen-bond donors (Lipinski definition) is 1. The summed E-state index contributed by atoms with van der Waals surface area (Å²) >= 11 is 1.49. The molecule has 16 heavy (non-hydrogen) atoms. The number of benzene rings is 1. The minimum atomic E-state index is -2.47. The molecule has 0 fully saturated rings. The van der Waals surface area contributed by atoms with Gasteiger partial charge in [0.1, 0.15) is 6.10 Å². The average Bonchev–Trinajstić information content (AvgIpc) is 2.81. The zero-order valence-corrected chi connectivity index (χ0v) is 9.12. The van der Waals surface area contributed by atoms with Crippen molar-refractivity contribution in [3.8, 4) is 0 Å². The van der Waals surface area contributed by atoms with E-state index in [4.69, 9.17) is 0 Å². The summed E-state index contributed by atoms with van der Waals surface area (Å²) < 4.78 is 24.6. The van der Waals surface area contributed by atoms with Gasteiger partial charge in [0.25, 0.3) is 6.43 Å². The summed E-state index contributed by atoms with van der Waals surface area (Å²) in [7, 11) is 0. The van der Waals surface area contributed by atoms with Crippen molar-refractivity contribution in [3.05, 3.63) is 57.8 Å². The van der Waals surface area contributed by atoms with E-state index in [1.54, 1.807) is 0 Å². The fourth-order valence-electron chi connectivity index (χ4n) is 1.45. The fourth-order valence-corrected chi connectivity index (χ4v) is 2.13. The minimum absolute atomic E-state index is 0.0266. The zero-order chi connectivity index (χ0) is 11.5. The molecule has 4 heteroatoms. The van der Waals surface area contributed by atoms with Crippen LogP contribution in [0.15, 0.2) is 41.1 Å². The van der Waals surface area contributed by atoms with Crippen LogP contribution in [0.4, 0.5) is 8.78 Å². The second-order valence-electron chi connectivity index (χ2n) is 3.43. The van der Waals surface area contributed by atoms with Crippen LogP contribution in [0.25, 0.3) is 0 Å². The van der Waals surface area contributed by atoms with Gasteiger partial charge in [-0.3, -0.25) is 0 Å². The van der Waals surface area contributed by atoms with Crippen molar-refractivity contribution in [1.29, 1.82) is 0 Å². The van der Waals surface area contributed by atoms with Gasteiger partial charge in [-0.2, -0.15) is 11.3 Å². The van der Waals surface area contributed by atoms with Crippen LogP contribution in [-0.4, -0.2) is 5.11 Å². The number of halogens is 2. The van der Waals surface area contributed by atoms with Gasteiger partial charge in [0.2, 0.25) is 0 Å². The molecular formula is C12H10F2OS. The van der Waals surface area contributed by atoms with Crippen LogP contribution in [-0.2, 0) is 0 Å². The molecule has 0 aliphatic heterocycles. The second-order valence-corrected chi connectivity index (χ2v) is 4.21. The van der Waals surface area contributed by atoms with Crippen LogP contribution < -0.4 is 0 Å². The number of alkyl halides is 2. The Morgan fingerprint density at radius 3 is 2.06 bits per heavy atom. The minimum Gasteiger partial charge on any atom is -0.384 e. The smallest absolute Gasteiger partial charge is 0.263 e. The lowest BCUT2D eigenvalue weighted by atomic mass is 10.0. The van der Waals surface area contributed by atoms with Crippen molar-refractivity contribution in [1.82, 2.24) is 0 Å². The van der Waals surface area contributed by atoms with Crippen LogP contribution in [0.5, 0.6) is 0 Å². The van der Waals surface area contributed by atoms with Crippen LogP contribution in [0, 0.1) is 0 Å². The molecule has 1 unspecified atom stereocenters. The summed E-state index contributed by atoms with van der Waals surface area (Å²) in [5.74, 6) is 0. The van der Waals surface area contributed by atoms with E-state index in [-0.39, 0.29) is 5.56 Å². The second kappa shape index (κ2) is 4.72. The van der Waals surface area contributed by atoms with Crippen molar-refractivity contribution in [2.45, 2.75) is 12.5 Å². The summed E-state index contributed by atoms with van der Waals surface area (Å²) in [4.78, 5) is 0. The van der Waals surface area contributed by atoms with E-state index in [1.807, 2.05) is 16.8 Å². The summed E-state index contributed by atoms with van der Waals surface area (Å²) in [6.45, 7) is 0. The third-order valence-electron chi connectivity index (χ3n) is 2.36. The molecule has 0 radical (unpaired) electrons. The maximum absolute atomic E-state index is 12.3. The van der Waals surface area contributed by atoms with Crippen molar-refractivity contribution in [2.24, 2.45) is 0 Å². The highest BCUT2D eigenvalue weighted by Gasteiger charge is 2.12. The first-order chi connectivity index (χ1) is 7.68. The molecule has 0 amide bonds. The third-order valence-corrected chi connectivity index (χ3v) is 3.06. The fraction of sp³-hybridized carbons (Fsp3) is 0.167. The summed E-state index contributed by atoms with van der Waals surface area (Å²) in [6, 6.07) is 7.56. The highest BCUT2D eigenvalue weighted by molar-refractivity contribution is 7.07. The molecule has 1 heterocycles. The number of aliphatic hydroxyl groups excluding tert-OH is 1. The van der Waals surface area contributed by atoms with Crippen LogP contribution >= 0.6 is 11.3 Å². The molecule has 1 aromatic carbocycles. The molecule has 84 valence electrons. The SMILES string of the molecule is OC(c1ccc(C(F)F)cc1)c1ccsc1. The van der Waals surface area contributed by atoms with Crippen LogP contribution in [0.1, 0.15) is 29.2 Å². The van der Waals surface area contributed by atoms with Gasteiger partial charge in [-0.05, 0) is 28.0 Å². The molecule has 1 nitrogen and oxygen atoms in total. The molecule has 0 saturated heterocycles. The standard InChI is InChI=1S/C12H10F2OS/c13-12(14)9-3-1-8(2-4-9)11(15)10-5-6-16-7-10/h1-7,11-12,15H. The summed E-state index contributed by atoms with van der Waals surface area (Å²) in [5.41, 5.74) is 1.39. The van der Waals surface area contributed by atoms with Gasteiger partial charge in [-0.25, -0.2) is 8.78 Å². The Labute approximate surface area is 96.0 Å². The maximum atomic E-state index is 12.3. The molecular weight excluding hydrogens is 230 g/mol. The predicted octanol–water partition coefficient (Wildman–Crippen LogP) is 3.77. The normalized spacial score (nSPS) is 13.0. The largest absolute Gasteiger partial charge is 0.384 e. The van der Waals surface area contributed by atoms with E-state index in [9.17, 15) is 13.9 Å². The summed E-state index contributed by atoms with van der Waals surface area (Å²) in [5, 5.41) is 13.6. The molecule has 1 aromatic heterocycles. The van der Waals surface area contributed by atoms with Gasteiger partial charge >= 0.3 is 0 Å². The van der Waals surface area contributed by atoms with E-state index >= 15 is 0 Å². The first-order valence-corrected chi connectivity index (χ1v) is 5.71. The first kappa shape index (κ1) is 11.2. The number of rotatable bonds is 3. The van der Waals surface area contributed by atoms with E-state index in [1.165, 1.54) is 35.6 Å². The lowest BCUT2D eigenvalue weighted by Gasteiger charge is -2.09. The highest BCUT2D eigenvalue weighted by Crippen LogP contribution is 2.26. The quantitative estimate of drug-likeness (QED) is 0.865. The Bertz CT molecular complexity index is 437. The molecule has 0 bridgehead atoms. The number of hydrogen-bond acceptors (Lipinski definition) is 2. The van der Waals surface area contributed by atoms with Gasteiger partial charge in [-0.15, -0.1) is 0 Å². The van der Waals surface area contributed by atoms with Crippen LogP contribution in [0.2, 0.25) is 0 Å². The number of aliphatic hydroxyl groups is 1. The number of thiophene rings is 1. The Hall–Kier alpha value is -1.26. The maximum Gasteiger partial charge on any atom is 0.263 e. The third kappa shape index (κ3) is 2.28. The van der Waals surface area contributed by atoms with Crippen LogP contribution in [0.3, 0.4) is 0 Å². The molecule has 1 N–H and O–H groups in total. The Balaban J connectivity index is 2.22. The highest BCUT2D eigenvalue weighted by atomic mass is 32.1. The zero-order valence-electron chi connectivity index (χ0n) is 8.31. The molecule has 0 aliphatic rings. The molecule has 2 aromatic rings. The molecule has 0 saturated carbocycles. The average molecular weight is 240 g/mol. The van der Waals surface area contributed by atoms with Gasteiger partial charge in [0.05, 0.1) is 0 Å². The molecule has 1 atom stereocenters. The Kier molecular flexibility index (Phi) is 3.31. The Morgan fingerprint density at radius 2 is 1.56 bits per heavy atom. The topological polar surface area (TPSA) is 20.2 Å². The first-order valence-electron chi connectivity index (χ1n) is 4.76. The van der Waals surface area contributed by atoms with E-state index in [0.29, 0.717) is 5.56 Å². The van der Waals surface area contributed by atoms with Gasteiger partial charge in [-0.1, -0.05) is 24.3 Å². The monoisotopic (exact) mass is 240 g/mol.